The molecule has 0 spiro atoms. The fraction of sp³-hybridized carbons (Fsp3) is 0.714. The van der Waals surface area contributed by atoms with Crippen molar-refractivity contribution in [3.63, 3.8) is 0 Å². The quantitative estimate of drug-likeness (QED) is 0.635. The number of carboxylic acids is 1. The van der Waals surface area contributed by atoms with Crippen molar-refractivity contribution in [2.75, 3.05) is 18.1 Å². The largest absolute Gasteiger partial charge is 0.481 e. The summed E-state index contributed by atoms with van der Waals surface area (Å²) in [6, 6.07) is 0. The fourth-order valence-corrected chi connectivity index (χ4v) is 1.05. The molecular weight excluding hydrogens is 178 g/mol. The lowest BCUT2D eigenvalue weighted by atomic mass is 10.4. The Morgan fingerprint density at radius 1 is 1.50 bits per heavy atom. The molecule has 0 aromatic rings. The van der Waals surface area contributed by atoms with Gasteiger partial charge in [0.1, 0.15) is 0 Å². The highest BCUT2D eigenvalue weighted by molar-refractivity contribution is 7.99. The average Bonchev–Trinajstić information content (AvgIpc) is 2.00. The Kier molecular flexibility index (Phi) is 6.55. The average molecular weight is 191 g/mol. The number of hydrogen-bond donors (Lipinski definition) is 2. The van der Waals surface area contributed by atoms with Crippen LogP contribution in [0.2, 0.25) is 0 Å². The molecule has 0 atom stereocenters. The van der Waals surface area contributed by atoms with E-state index >= 15 is 0 Å². The van der Waals surface area contributed by atoms with Crippen LogP contribution in [-0.4, -0.2) is 35.0 Å². The summed E-state index contributed by atoms with van der Waals surface area (Å²) < 4.78 is 0. The molecule has 0 saturated carbocycles. The lowest BCUT2D eigenvalue weighted by Crippen LogP contribution is -2.27. The van der Waals surface area contributed by atoms with Gasteiger partial charge in [-0.3, -0.25) is 9.59 Å². The zero-order valence-corrected chi connectivity index (χ0v) is 7.82. The highest BCUT2D eigenvalue weighted by Gasteiger charge is 2.01. The number of hydrogen-bond acceptors (Lipinski definition) is 3. The SMILES string of the molecule is CCSCC(=O)NCCC(=O)O. The monoisotopic (exact) mass is 191 g/mol. The maximum Gasteiger partial charge on any atom is 0.305 e. The Bertz CT molecular complexity index is 161. The van der Waals surface area contributed by atoms with Crippen molar-refractivity contribution in [2.24, 2.45) is 0 Å². The van der Waals surface area contributed by atoms with Crippen molar-refractivity contribution in [1.29, 1.82) is 0 Å². The second-order valence-electron chi connectivity index (χ2n) is 2.13. The summed E-state index contributed by atoms with van der Waals surface area (Å²) in [5.74, 6) is 0.323. The lowest BCUT2D eigenvalue weighted by molar-refractivity contribution is -0.136. The van der Waals surface area contributed by atoms with Gasteiger partial charge >= 0.3 is 5.97 Å². The first-order valence-corrected chi connectivity index (χ1v) is 4.88. The van der Waals surface area contributed by atoms with Crippen LogP contribution in [0.3, 0.4) is 0 Å². The van der Waals surface area contributed by atoms with Gasteiger partial charge in [-0.1, -0.05) is 6.92 Å². The van der Waals surface area contributed by atoms with Gasteiger partial charge in [0.25, 0.3) is 0 Å². The molecule has 0 aromatic heterocycles. The predicted molar refractivity (Wildman–Crippen MR) is 48.3 cm³/mol. The molecule has 0 radical (unpaired) electrons. The number of carbonyl (C=O) groups excluding carboxylic acids is 1. The van der Waals surface area contributed by atoms with Crippen molar-refractivity contribution >= 4 is 23.6 Å². The number of amides is 1. The third-order valence-electron chi connectivity index (χ3n) is 1.10. The van der Waals surface area contributed by atoms with E-state index in [1.54, 1.807) is 0 Å². The van der Waals surface area contributed by atoms with Crippen molar-refractivity contribution in [1.82, 2.24) is 5.32 Å². The number of rotatable bonds is 6. The molecule has 0 aliphatic rings. The minimum atomic E-state index is -0.890. The molecular formula is C7H13NO3S. The standard InChI is InChI=1S/C7H13NO3S/c1-2-12-5-6(9)8-4-3-7(10)11/h2-5H2,1H3,(H,8,9)(H,10,11). The molecule has 1 amide bonds. The Morgan fingerprint density at radius 3 is 2.67 bits per heavy atom. The molecule has 0 aliphatic carbocycles. The summed E-state index contributed by atoms with van der Waals surface area (Å²) in [5, 5.41) is 10.8. The van der Waals surface area contributed by atoms with E-state index in [1.165, 1.54) is 11.8 Å². The third-order valence-corrected chi connectivity index (χ3v) is 1.97. The molecule has 0 aromatic carbocycles. The van der Waals surface area contributed by atoms with Crippen molar-refractivity contribution in [3.8, 4) is 0 Å². The van der Waals surface area contributed by atoms with Crippen LogP contribution in [0.15, 0.2) is 0 Å². The van der Waals surface area contributed by atoms with Crippen LogP contribution in [0.25, 0.3) is 0 Å². The first-order chi connectivity index (χ1) is 5.66. The van der Waals surface area contributed by atoms with E-state index in [0.29, 0.717) is 5.75 Å². The van der Waals surface area contributed by atoms with Crippen LogP contribution >= 0.6 is 11.8 Å². The van der Waals surface area contributed by atoms with Gasteiger partial charge in [-0.05, 0) is 5.75 Å². The Hall–Kier alpha value is -0.710. The van der Waals surface area contributed by atoms with Gasteiger partial charge in [0.2, 0.25) is 5.91 Å². The molecule has 5 heteroatoms. The number of carboxylic acid groups (broad SMARTS) is 1. The summed E-state index contributed by atoms with van der Waals surface area (Å²) in [6.07, 6.45) is -0.0114. The van der Waals surface area contributed by atoms with Crippen LogP contribution in [0.4, 0.5) is 0 Å². The van der Waals surface area contributed by atoms with Gasteiger partial charge in [0.15, 0.2) is 0 Å². The molecule has 12 heavy (non-hydrogen) atoms. The highest BCUT2D eigenvalue weighted by Crippen LogP contribution is 1.96. The first-order valence-electron chi connectivity index (χ1n) is 3.73. The summed E-state index contributed by atoms with van der Waals surface area (Å²) >= 11 is 1.52. The molecule has 2 N–H and O–H groups in total. The van der Waals surface area contributed by atoms with E-state index in [1.807, 2.05) is 6.92 Å². The molecule has 0 fully saturated rings. The summed E-state index contributed by atoms with van der Waals surface area (Å²) in [7, 11) is 0. The summed E-state index contributed by atoms with van der Waals surface area (Å²) in [5.41, 5.74) is 0. The number of aliphatic carboxylic acids is 1. The maximum absolute atomic E-state index is 10.9. The normalized spacial score (nSPS) is 9.42. The molecule has 0 saturated heterocycles. The molecule has 0 aliphatic heterocycles. The van der Waals surface area contributed by atoms with E-state index in [0.717, 1.165) is 5.75 Å². The molecule has 70 valence electrons. The van der Waals surface area contributed by atoms with E-state index in [4.69, 9.17) is 5.11 Å². The molecule has 0 rings (SSSR count). The topological polar surface area (TPSA) is 66.4 Å². The van der Waals surface area contributed by atoms with Crippen molar-refractivity contribution < 1.29 is 14.7 Å². The van der Waals surface area contributed by atoms with Gasteiger partial charge in [-0.25, -0.2) is 0 Å². The van der Waals surface area contributed by atoms with Gasteiger partial charge in [0.05, 0.1) is 12.2 Å². The number of nitrogens with one attached hydrogen (secondary N) is 1. The summed E-state index contributed by atoms with van der Waals surface area (Å²) in [4.78, 5) is 20.9. The summed E-state index contributed by atoms with van der Waals surface area (Å²) in [6.45, 7) is 2.19. The Labute approximate surface area is 75.7 Å². The zero-order valence-electron chi connectivity index (χ0n) is 7.00. The van der Waals surface area contributed by atoms with Crippen LogP contribution in [0.5, 0.6) is 0 Å². The van der Waals surface area contributed by atoms with Crippen LogP contribution in [0.1, 0.15) is 13.3 Å². The first kappa shape index (κ1) is 11.3. The minimum absolute atomic E-state index is 0.0114. The molecule has 0 bridgehead atoms. The second-order valence-corrected chi connectivity index (χ2v) is 3.41. The van der Waals surface area contributed by atoms with Gasteiger partial charge < -0.3 is 10.4 Å². The minimum Gasteiger partial charge on any atom is -0.481 e. The van der Waals surface area contributed by atoms with E-state index in [-0.39, 0.29) is 18.9 Å². The molecule has 4 nitrogen and oxygen atoms in total. The number of carbonyl (C=O) groups is 2. The lowest BCUT2D eigenvalue weighted by Gasteiger charge is -2.01. The van der Waals surface area contributed by atoms with E-state index in [9.17, 15) is 9.59 Å². The third kappa shape index (κ3) is 7.40. The fourth-order valence-electron chi connectivity index (χ4n) is 0.555. The van der Waals surface area contributed by atoms with Gasteiger partial charge in [0, 0.05) is 6.54 Å². The van der Waals surface area contributed by atoms with Gasteiger partial charge in [-0.2, -0.15) is 11.8 Å². The predicted octanol–water partition coefficient (Wildman–Crippen LogP) is 0.330. The van der Waals surface area contributed by atoms with Crippen LogP contribution in [0, 0.1) is 0 Å². The van der Waals surface area contributed by atoms with Crippen molar-refractivity contribution in [2.45, 2.75) is 13.3 Å². The van der Waals surface area contributed by atoms with Crippen molar-refractivity contribution in [3.05, 3.63) is 0 Å². The van der Waals surface area contributed by atoms with E-state index < -0.39 is 5.97 Å². The highest BCUT2D eigenvalue weighted by atomic mass is 32.2. The Balaban J connectivity index is 3.25. The molecule has 0 heterocycles. The second kappa shape index (κ2) is 6.97. The maximum atomic E-state index is 10.9. The van der Waals surface area contributed by atoms with E-state index in [2.05, 4.69) is 5.32 Å². The van der Waals surface area contributed by atoms with Crippen LogP contribution < -0.4 is 5.32 Å². The van der Waals surface area contributed by atoms with Gasteiger partial charge in [-0.15, -0.1) is 0 Å². The number of thioether (sulfide) groups is 1. The smallest absolute Gasteiger partial charge is 0.305 e. The van der Waals surface area contributed by atoms with Crippen LogP contribution in [-0.2, 0) is 9.59 Å². The Morgan fingerprint density at radius 2 is 2.17 bits per heavy atom. The molecule has 0 unspecified atom stereocenters. The zero-order chi connectivity index (χ0) is 9.40.